The second-order valence-electron chi connectivity index (χ2n) is 5.10. The van der Waals surface area contributed by atoms with Gasteiger partial charge >= 0.3 is 5.97 Å². The number of carbonyl (C=O) groups is 1. The molecule has 0 amide bonds. The second kappa shape index (κ2) is 6.23. The summed E-state index contributed by atoms with van der Waals surface area (Å²) in [7, 11) is 0. The normalized spacial score (nSPS) is 10.8. The van der Waals surface area contributed by atoms with Crippen LogP contribution in [-0.2, 0) is 0 Å². The van der Waals surface area contributed by atoms with Crippen molar-refractivity contribution in [2.24, 2.45) is 0 Å². The lowest BCUT2D eigenvalue weighted by Gasteiger charge is -2.09. The van der Waals surface area contributed by atoms with Crippen molar-refractivity contribution in [3.05, 3.63) is 59.7 Å². The zero-order valence-electron chi connectivity index (χ0n) is 12.7. The number of aromatic carboxylic acids is 1. The zero-order valence-corrected chi connectivity index (χ0v) is 12.7. The summed E-state index contributed by atoms with van der Waals surface area (Å²) in [6, 6.07) is 9.58. The van der Waals surface area contributed by atoms with Gasteiger partial charge in [-0.05, 0) is 49.4 Å². The highest BCUT2D eigenvalue weighted by molar-refractivity contribution is 6.04. The zero-order chi connectivity index (χ0) is 17.3. The molecule has 0 radical (unpaired) electrons. The van der Waals surface area contributed by atoms with E-state index in [1.807, 2.05) is 6.92 Å². The van der Waals surface area contributed by atoms with Gasteiger partial charge in [0.2, 0.25) is 0 Å². The molecular weight excluding hydrogens is 316 g/mol. The lowest BCUT2D eigenvalue weighted by Crippen LogP contribution is -2.01. The number of nitrogens with zero attached hydrogens (tertiary/aromatic N) is 1. The molecule has 1 heterocycles. The fraction of sp³-hybridized carbons (Fsp3) is 0.111. The number of rotatable bonds is 4. The summed E-state index contributed by atoms with van der Waals surface area (Å²) in [6.07, 6.45) is 0. The van der Waals surface area contributed by atoms with Gasteiger partial charge in [0, 0.05) is 10.9 Å². The van der Waals surface area contributed by atoms with Crippen molar-refractivity contribution in [3.63, 3.8) is 0 Å². The van der Waals surface area contributed by atoms with E-state index < -0.39 is 17.6 Å². The quantitative estimate of drug-likeness (QED) is 0.776. The molecule has 3 aromatic rings. The molecule has 4 nitrogen and oxygen atoms in total. The molecule has 0 unspecified atom stereocenters. The highest BCUT2D eigenvalue weighted by Gasteiger charge is 2.15. The van der Waals surface area contributed by atoms with Crippen LogP contribution in [0.4, 0.5) is 8.78 Å². The van der Waals surface area contributed by atoms with Gasteiger partial charge in [-0.3, -0.25) is 0 Å². The molecular formula is C18H13F2NO3. The summed E-state index contributed by atoms with van der Waals surface area (Å²) in [4.78, 5) is 15.9. The highest BCUT2D eigenvalue weighted by Crippen LogP contribution is 2.28. The van der Waals surface area contributed by atoms with Gasteiger partial charge in [0.25, 0.3) is 0 Å². The Kier molecular flexibility index (Phi) is 4.12. The van der Waals surface area contributed by atoms with Crippen molar-refractivity contribution in [1.29, 1.82) is 0 Å². The van der Waals surface area contributed by atoms with E-state index in [2.05, 4.69) is 4.98 Å². The van der Waals surface area contributed by atoms with Crippen LogP contribution in [0.2, 0.25) is 0 Å². The Morgan fingerprint density at radius 3 is 2.58 bits per heavy atom. The average molecular weight is 329 g/mol. The summed E-state index contributed by atoms with van der Waals surface area (Å²) in [5.74, 6) is -2.59. The number of halogens is 2. The molecule has 0 saturated carbocycles. The number of carboxylic acid groups (broad SMARTS) is 1. The van der Waals surface area contributed by atoms with Crippen LogP contribution in [0.15, 0.2) is 42.5 Å². The summed E-state index contributed by atoms with van der Waals surface area (Å²) >= 11 is 0. The predicted molar refractivity (Wildman–Crippen MR) is 85.2 cm³/mol. The Hall–Kier alpha value is -3.02. The van der Waals surface area contributed by atoms with Gasteiger partial charge in [0.1, 0.15) is 5.75 Å². The number of ether oxygens (including phenoxy) is 1. The van der Waals surface area contributed by atoms with Crippen molar-refractivity contribution in [3.8, 4) is 17.0 Å². The van der Waals surface area contributed by atoms with E-state index in [0.717, 1.165) is 12.1 Å². The molecule has 1 N–H and O–H groups in total. The Morgan fingerprint density at radius 2 is 1.92 bits per heavy atom. The summed E-state index contributed by atoms with van der Waals surface area (Å²) in [6.45, 7) is 2.28. The van der Waals surface area contributed by atoms with Gasteiger partial charge in [0.05, 0.1) is 23.4 Å². The third kappa shape index (κ3) is 2.90. The highest BCUT2D eigenvalue weighted by atomic mass is 19.2. The number of benzene rings is 2. The number of carboxylic acids is 1. The fourth-order valence-corrected chi connectivity index (χ4v) is 2.44. The van der Waals surface area contributed by atoms with Gasteiger partial charge < -0.3 is 9.84 Å². The number of hydrogen-bond donors (Lipinski definition) is 1. The summed E-state index contributed by atoms with van der Waals surface area (Å²) < 4.78 is 31.9. The molecule has 122 valence electrons. The van der Waals surface area contributed by atoms with Crippen molar-refractivity contribution >= 4 is 16.9 Å². The van der Waals surface area contributed by atoms with E-state index >= 15 is 0 Å². The Morgan fingerprint density at radius 1 is 1.12 bits per heavy atom. The molecule has 0 bridgehead atoms. The van der Waals surface area contributed by atoms with Gasteiger partial charge in [-0.2, -0.15) is 0 Å². The fourth-order valence-electron chi connectivity index (χ4n) is 2.44. The predicted octanol–water partition coefficient (Wildman–Crippen LogP) is 4.28. The molecule has 2 aromatic carbocycles. The van der Waals surface area contributed by atoms with E-state index in [-0.39, 0.29) is 11.3 Å². The Bertz CT molecular complexity index is 941. The minimum atomic E-state index is -1.14. The molecule has 1 aromatic heterocycles. The second-order valence-corrected chi connectivity index (χ2v) is 5.10. The van der Waals surface area contributed by atoms with Crippen LogP contribution in [0.5, 0.6) is 5.75 Å². The monoisotopic (exact) mass is 329 g/mol. The molecule has 0 fully saturated rings. The van der Waals surface area contributed by atoms with Crippen molar-refractivity contribution < 1.29 is 23.4 Å². The number of fused-ring (bicyclic) bond motifs is 1. The van der Waals surface area contributed by atoms with E-state index in [9.17, 15) is 18.7 Å². The van der Waals surface area contributed by atoms with Crippen LogP contribution < -0.4 is 4.74 Å². The molecule has 0 saturated heterocycles. The third-order valence-corrected chi connectivity index (χ3v) is 3.54. The molecule has 0 aliphatic carbocycles. The van der Waals surface area contributed by atoms with Crippen molar-refractivity contribution in [2.45, 2.75) is 6.92 Å². The van der Waals surface area contributed by atoms with Gasteiger partial charge in [-0.1, -0.05) is 0 Å². The van der Waals surface area contributed by atoms with Crippen LogP contribution in [0, 0.1) is 11.6 Å². The van der Waals surface area contributed by atoms with Crippen LogP contribution in [0.1, 0.15) is 17.3 Å². The largest absolute Gasteiger partial charge is 0.494 e. The molecule has 24 heavy (non-hydrogen) atoms. The number of pyridine rings is 1. The molecule has 6 heteroatoms. The Balaban J connectivity index is 2.22. The summed E-state index contributed by atoms with van der Waals surface area (Å²) in [5, 5.41) is 9.89. The standard InChI is InChI=1S/C18H13F2NO3/c1-2-24-11-4-6-16-12(8-11)13(18(22)23)9-17(21-16)10-3-5-14(19)15(20)7-10/h3-9H,2H2,1H3,(H,22,23). The minimum Gasteiger partial charge on any atom is -0.494 e. The maximum absolute atomic E-state index is 13.4. The van der Waals surface area contributed by atoms with E-state index in [0.29, 0.717) is 28.8 Å². The number of hydrogen-bond acceptors (Lipinski definition) is 3. The van der Waals surface area contributed by atoms with Gasteiger partial charge in [-0.15, -0.1) is 0 Å². The van der Waals surface area contributed by atoms with Crippen LogP contribution in [0.3, 0.4) is 0 Å². The van der Waals surface area contributed by atoms with E-state index in [4.69, 9.17) is 4.74 Å². The third-order valence-electron chi connectivity index (χ3n) is 3.54. The first-order valence-electron chi connectivity index (χ1n) is 7.26. The van der Waals surface area contributed by atoms with Crippen LogP contribution >= 0.6 is 0 Å². The molecule has 0 aliphatic heterocycles. The van der Waals surface area contributed by atoms with E-state index in [1.165, 1.54) is 12.1 Å². The average Bonchev–Trinajstić information content (AvgIpc) is 2.56. The maximum Gasteiger partial charge on any atom is 0.336 e. The molecule has 0 spiro atoms. The van der Waals surface area contributed by atoms with Gasteiger partial charge in [0.15, 0.2) is 11.6 Å². The summed E-state index contributed by atoms with van der Waals surface area (Å²) in [5.41, 5.74) is 0.995. The molecule has 3 rings (SSSR count). The van der Waals surface area contributed by atoms with Crippen molar-refractivity contribution in [2.75, 3.05) is 6.61 Å². The lowest BCUT2D eigenvalue weighted by atomic mass is 10.0. The van der Waals surface area contributed by atoms with Crippen LogP contribution in [-0.4, -0.2) is 22.7 Å². The molecule has 0 atom stereocenters. The Labute approximate surface area is 136 Å². The van der Waals surface area contributed by atoms with Crippen LogP contribution in [0.25, 0.3) is 22.2 Å². The topological polar surface area (TPSA) is 59.4 Å². The van der Waals surface area contributed by atoms with Gasteiger partial charge in [-0.25, -0.2) is 18.6 Å². The first-order valence-corrected chi connectivity index (χ1v) is 7.26. The first kappa shape index (κ1) is 15.9. The molecule has 0 aliphatic rings. The van der Waals surface area contributed by atoms with Crippen molar-refractivity contribution in [1.82, 2.24) is 4.98 Å². The SMILES string of the molecule is CCOc1ccc2nc(-c3ccc(F)c(F)c3)cc(C(=O)O)c2c1. The minimum absolute atomic E-state index is 0.0151. The number of aromatic nitrogens is 1. The maximum atomic E-state index is 13.4. The first-order chi connectivity index (χ1) is 11.5. The lowest BCUT2D eigenvalue weighted by molar-refractivity contribution is 0.0699. The van der Waals surface area contributed by atoms with E-state index in [1.54, 1.807) is 18.2 Å². The smallest absolute Gasteiger partial charge is 0.336 e.